The first kappa shape index (κ1) is 10.9. The van der Waals surface area contributed by atoms with Crippen molar-refractivity contribution >= 4 is 6.21 Å². The molecule has 0 saturated heterocycles. The fourth-order valence-electron chi connectivity index (χ4n) is 0.932. The van der Waals surface area contributed by atoms with Crippen molar-refractivity contribution in [1.82, 2.24) is 0 Å². The summed E-state index contributed by atoms with van der Waals surface area (Å²) < 4.78 is 0. The molecule has 0 spiro atoms. The van der Waals surface area contributed by atoms with Gasteiger partial charge in [0, 0.05) is 6.21 Å². The molecule has 0 atom stereocenters. The van der Waals surface area contributed by atoms with E-state index >= 15 is 0 Å². The van der Waals surface area contributed by atoms with Crippen LogP contribution in [0.4, 0.5) is 0 Å². The molecule has 0 aliphatic carbocycles. The van der Waals surface area contributed by atoms with Gasteiger partial charge in [0.25, 0.3) is 0 Å². The van der Waals surface area contributed by atoms with E-state index in [0.717, 1.165) is 30.5 Å². The molecule has 0 bridgehead atoms. The number of aliphatic imine (C=N–C) groups is 1. The normalized spacial score (nSPS) is 12.8. The third kappa shape index (κ3) is 3.34. The highest BCUT2D eigenvalue weighted by Crippen LogP contribution is 2.12. The van der Waals surface area contributed by atoms with Crippen molar-refractivity contribution < 1.29 is 0 Å². The van der Waals surface area contributed by atoms with E-state index in [1.54, 1.807) is 0 Å². The summed E-state index contributed by atoms with van der Waals surface area (Å²) in [6.07, 6.45) is 4.39. The number of nitriles is 1. The summed E-state index contributed by atoms with van der Waals surface area (Å²) in [5.41, 5.74) is 1.74. The van der Waals surface area contributed by atoms with Crippen LogP contribution < -0.4 is 0 Å². The van der Waals surface area contributed by atoms with E-state index in [1.807, 2.05) is 27.0 Å². The minimum absolute atomic E-state index is 0.778. The topological polar surface area (TPSA) is 36.1 Å². The highest BCUT2D eigenvalue weighted by molar-refractivity contribution is 5.58. The Morgan fingerprint density at radius 1 is 1.33 bits per heavy atom. The third-order valence-electron chi connectivity index (χ3n) is 1.60. The molecule has 0 aliphatic rings. The van der Waals surface area contributed by atoms with Crippen LogP contribution in [0.5, 0.6) is 0 Å². The highest BCUT2D eigenvalue weighted by Gasteiger charge is 1.99. The van der Waals surface area contributed by atoms with Gasteiger partial charge in [0.1, 0.15) is 0 Å². The Morgan fingerprint density at radius 2 is 2.00 bits per heavy atom. The molecule has 0 aromatic carbocycles. The summed E-state index contributed by atoms with van der Waals surface area (Å²) >= 11 is 0. The van der Waals surface area contributed by atoms with Crippen molar-refractivity contribution in [1.29, 1.82) is 5.26 Å². The SMILES string of the molecule is CCC=N/C(CC)=C(\C#N)CC. The Balaban J connectivity index is 4.60. The molecular formula is C10H16N2. The monoisotopic (exact) mass is 164 g/mol. The Hall–Kier alpha value is -1.10. The Labute approximate surface area is 74.6 Å². The van der Waals surface area contributed by atoms with Crippen molar-refractivity contribution in [3.05, 3.63) is 11.3 Å². The summed E-state index contributed by atoms with van der Waals surface area (Å²) in [7, 11) is 0. The number of nitrogens with zero attached hydrogens (tertiary/aromatic N) is 2. The quantitative estimate of drug-likeness (QED) is 0.464. The van der Waals surface area contributed by atoms with E-state index in [-0.39, 0.29) is 0 Å². The molecule has 0 fully saturated rings. The maximum absolute atomic E-state index is 8.75. The summed E-state index contributed by atoms with van der Waals surface area (Å²) in [5.74, 6) is 0. The Bertz CT molecular complexity index is 218. The van der Waals surface area contributed by atoms with Gasteiger partial charge in [-0.15, -0.1) is 0 Å². The standard InChI is InChI=1S/C10H16N2/c1-4-7-12-10(6-3)9(5-2)8-11/h7H,4-6H2,1-3H3/b10-9-,12-7?. The molecule has 0 rings (SSSR count). The molecule has 0 unspecified atom stereocenters. The van der Waals surface area contributed by atoms with Gasteiger partial charge in [-0.3, -0.25) is 4.99 Å². The van der Waals surface area contributed by atoms with Crippen LogP contribution in [0, 0.1) is 11.3 Å². The van der Waals surface area contributed by atoms with Gasteiger partial charge in [0.15, 0.2) is 0 Å². The second-order valence-corrected chi connectivity index (χ2v) is 2.46. The summed E-state index contributed by atoms with van der Waals surface area (Å²) in [5, 5.41) is 8.75. The highest BCUT2D eigenvalue weighted by atomic mass is 14.7. The molecule has 0 aliphatic heterocycles. The second-order valence-electron chi connectivity index (χ2n) is 2.46. The zero-order valence-electron chi connectivity index (χ0n) is 8.09. The van der Waals surface area contributed by atoms with Crippen molar-refractivity contribution in [2.75, 3.05) is 0 Å². The van der Waals surface area contributed by atoms with Crippen LogP contribution in [0.25, 0.3) is 0 Å². The predicted octanol–water partition coefficient (Wildman–Crippen LogP) is 3.06. The molecule has 2 heteroatoms. The number of hydrogen-bond donors (Lipinski definition) is 0. The van der Waals surface area contributed by atoms with Gasteiger partial charge in [-0.25, -0.2) is 0 Å². The third-order valence-corrected chi connectivity index (χ3v) is 1.60. The van der Waals surface area contributed by atoms with Crippen LogP contribution in [-0.4, -0.2) is 6.21 Å². The van der Waals surface area contributed by atoms with Crippen LogP contribution >= 0.6 is 0 Å². The van der Waals surface area contributed by atoms with Crippen molar-refractivity contribution in [2.45, 2.75) is 40.0 Å². The van der Waals surface area contributed by atoms with Crippen LogP contribution in [0.3, 0.4) is 0 Å². The van der Waals surface area contributed by atoms with E-state index in [1.165, 1.54) is 0 Å². The first-order chi connectivity index (χ1) is 5.79. The van der Waals surface area contributed by atoms with Crippen LogP contribution in [0.2, 0.25) is 0 Å². The van der Waals surface area contributed by atoms with Gasteiger partial charge >= 0.3 is 0 Å². The summed E-state index contributed by atoms with van der Waals surface area (Å²) in [6.45, 7) is 6.04. The Morgan fingerprint density at radius 3 is 2.33 bits per heavy atom. The minimum atomic E-state index is 0.778. The molecule has 66 valence electrons. The average Bonchev–Trinajstić information content (AvgIpc) is 2.12. The molecule has 0 heterocycles. The predicted molar refractivity (Wildman–Crippen MR) is 52.0 cm³/mol. The number of hydrogen-bond acceptors (Lipinski definition) is 2. The van der Waals surface area contributed by atoms with Crippen LogP contribution in [0.15, 0.2) is 16.3 Å². The zero-order valence-corrected chi connectivity index (χ0v) is 8.09. The molecule has 0 radical (unpaired) electrons. The molecule has 12 heavy (non-hydrogen) atoms. The van der Waals surface area contributed by atoms with Gasteiger partial charge < -0.3 is 0 Å². The summed E-state index contributed by atoms with van der Waals surface area (Å²) in [4.78, 5) is 4.23. The Kier molecular flexibility index (Phi) is 6.00. The molecule has 0 aromatic rings. The second kappa shape index (κ2) is 6.60. The largest absolute Gasteiger partial charge is 0.265 e. The van der Waals surface area contributed by atoms with E-state index in [4.69, 9.17) is 5.26 Å². The smallest absolute Gasteiger partial charge is 0.0966 e. The lowest BCUT2D eigenvalue weighted by Gasteiger charge is -1.99. The lowest BCUT2D eigenvalue weighted by atomic mass is 10.1. The van der Waals surface area contributed by atoms with Crippen LogP contribution in [0.1, 0.15) is 40.0 Å². The van der Waals surface area contributed by atoms with E-state index in [2.05, 4.69) is 11.1 Å². The molecular weight excluding hydrogens is 148 g/mol. The summed E-state index contributed by atoms with van der Waals surface area (Å²) in [6, 6.07) is 2.18. The number of rotatable bonds is 4. The fraction of sp³-hybridized carbons (Fsp3) is 0.600. The minimum Gasteiger partial charge on any atom is -0.265 e. The van der Waals surface area contributed by atoms with Crippen LogP contribution in [-0.2, 0) is 0 Å². The van der Waals surface area contributed by atoms with Gasteiger partial charge in [-0.05, 0) is 19.3 Å². The number of allylic oxidation sites excluding steroid dienone is 2. The first-order valence-electron chi connectivity index (χ1n) is 4.44. The molecule has 2 nitrogen and oxygen atoms in total. The van der Waals surface area contributed by atoms with Gasteiger partial charge in [0.2, 0.25) is 0 Å². The average molecular weight is 164 g/mol. The van der Waals surface area contributed by atoms with E-state index in [9.17, 15) is 0 Å². The molecule has 0 N–H and O–H groups in total. The van der Waals surface area contributed by atoms with E-state index in [0.29, 0.717) is 0 Å². The lowest BCUT2D eigenvalue weighted by Crippen LogP contribution is -1.85. The zero-order chi connectivity index (χ0) is 9.40. The maximum atomic E-state index is 8.75. The van der Waals surface area contributed by atoms with Gasteiger partial charge in [-0.2, -0.15) is 5.26 Å². The van der Waals surface area contributed by atoms with Crippen molar-refractivity contribution in [3.63, 3.8) is 0 Å². The van der Waals surface area contributed by atoms with Crippen molar-refractivity contribution in [2.24, 2.45) is 4.99 Å². The molecule has 0 aromatic heterocycles. The van der Waals surface area contributed by atoms with Crippen molar-refractivity contribution in [3.8, 4) is 6.07 Å². The molecule has 0 amide bonds. The molecule has 0 saturated carbocycles. The maximum Gasteiger partial charge on any atom is 0.0966 e. The first-order valence-corrected chi connectivity index (χ1v) is 4.44. The fourth-order valence-corrected chi connectivity index (χ4v) is 0.932. The lowest BCUT2D eigenvalue weighted by molar-refractivity contribution is 0.995. The van der Waals surface area contributed by atoms with E-state index < -0.39 is 0 Å². The van der Waals surface area contributed by atoms with Gasteiger partial charge in [-0.1, -0.05) is 20.8 Å². The van der Waals surface area contributed by atoms with Gasteiger partial charge in [0.05, 0.1) is 17.3 Å².